The normalized spacial score (nSPS) is 47.5. The number of carboxylic acid groups (broad SMARTS) is 1. The molecule has 0 heterocycles. The van der Waals surface area contributed by atoms with Gasteiger partial charge in [0.1, 0.15) is 0 Å². The molecule has 0 saturated heterocycles. The van der Waals surface area contributed by atoms with E-state index in [-0.39, 0.29) is 23.3 Å². The number of carboxylic acids is 1. The second kappa shape index (κ2) is 4.72. The molecule has 116 valence electrons. The molecule has 0 aromatic heterocycles. The smallest absolute Gasteiger partial charge is 0.306 e. The molecule has 5 rings (SSSR count). The molecule has 4 nitrogen and oxygen atoms in total. The fourth-order valence-electron chi connectivity index (χ4n) is 6.06. The molecule has 0 aliphatic heterocycles. The SMILES string of the molecule is O=C(O)[C@H]1CC[C@@H](NC(=O)C23CC4CC(CC(C4)C2)C3)C1. The van der Waals surface area contributed by atoms with Crippen LogP contribution in [0.1, 0.15) is 57.8 Å². The van der Waals surface area contributed by atoms with Crippen molar-refractivity contribution in [2.75, 3.05) is 0 Å². The monoisotopic (exact) mass is 291 g/mol. The van der Waals surface area contributed by atoms with Crippen LogP contribution < -0.4 is 5.32 Å². The summed E-state index contributed by atoms with van der Waals surface area (Å²) in [7, 11) is 0. The van der Waals surface area contributed by atoms with Gasteiger partial charge in [0.15, 0.2) is 0 Å². The van der Waals surface area contributed by atoms with Gasteiger partial charge in [0.25, 0.3) is 0 Å². The lowest BCUT2D eigenvalue weighted by molar-refractivity contribution is -0.147. The van der Waals surface area contributed by atoms with E-state index in [1.807, 2.05) is 0 Å². The third-order valence-corrected chi connectivity index (χ3v) is 6.64. The minimum absolute atomic E-state index is 0.0894. The zero-order valence-corrected chi connectivity index (χ0v) is 12.5. The van der Waals surface area contributed by atoms with Crippen molar-refractivity contribution in [1.82, 2.24) is 5.32 Å². The highest BCUT2D eigenvalue weighted by Crippen LogP contribution is 2.60. The molecule has 21 heavy (non-hydrogen) atoms. The second-order valence-electron chi connectivity index (χ2n) is 8.22. The molecule has 2 atom stereocenters. The van der Waals surface area contributed by atoms with Crippen LogP contribution in [0, 0.1) is 29.1 Å². The first-order chi connectivity index (χ1) is 10.0. The van der Waals surface area contributed by atoms with E-state index in [0.717, 1.165) is 43.4 Å². The standard InChI is InChI=1S/C17H25NO3/c19-15(20)13-1-2-14(6-13)18-16(21)17-7-10-3-11(8-17)5-12(4-10)9-17/h10-14H,1-9H2,(H,18,21)(H,19,20)/t10?,11?,12?,13-,14+,17?/m0/s1. The maximum Gasteiger partial charge on any atom is 0.306 e. The molecule has 1 amide bonds. The number of hydrogen-bond acceptors (Lipinski definition) is 2. The first-order valence-electron chi connectivity index (χ1n) is 8.58. The molecule has 5 aliphatic rings. The molecule has 0 aromatic carbocycles. The van der Waals surface area contributed by atoms with Gasteiger partial charge in [-0.1, -0.05) is 0 Å². The Bertz CT molecular complexity index is 437. The van der Waals surface area contributed by atoms with Crippen molar-refractivity contribution in [3.05, 3.63) is 0 Å². The Balaban J connectivity index is 1.42. The van der Waals surface area contributed by atoms with E-state index in [4.69, 9.17) is 5.11 Å². The highest BCUT2D eigenvalue weighted by molar-refractivity contribution is 5.83. The summed E-state index contributed by atoms with van der Waals surface area (Å²) in [5.74, 6) is 1.61. The molecule has 4 heteroatoms. The summed E-state index contributed by atoms with van der Waals surface area (Å²) in [5.41, 5.74) is -0.101. The van der Waals surface area contributed by atoms with E-state index >= 15 is 0 Å². The van der Waals surface area contributed by atoms with Crippen molar-refractivity contribution >= 4 is 11.9 Å². The lowest BCUT2D eigenvalue weighted by Crippen LogP contribution is -2.55. The largest absolute Gasteiger partial charge is 0.481 e. The summed E-state index contributed by atoms with van der Waals surface area (Å²) in [6.45, 7) is 0. The van der Waals surface area contributed by atoms with Crippen molar-refractivity contribution < 1.29 is 14.7 Å². The molecular formula is C17H25NO3. The molecule has 5 aliphatic carbocycles. The van der Waals surface area contributed by atoms with Crippen LogP contribution in [0.5, 0.6) is 0 Å². The summed E-state index contributed by atoms with van der Waals surface area (Å²) in [5, 5.41) is 12.3. The zero-order chi connectivity index (χ0) is 14.6. The molecule has 0 unspecified atom stereocenters. The highest BCUT2D eigenvalue weighted by Gasteiger charge is 2.54. The van der Waals surface area contributed by atoms with Crippen molar-refractivity contribution in [2.45, 2.75) is 63.8 Å². The zero-order valence-electron chi connectivity index (χ0n) is 12.5. The number of nitrogens with one attached hydrogen (secondary N) is 1. The van der Waals surface area contributed by atoms with E-state index in [1.54, 1.807) is 0 Å². The van der Waals surface area contributed by atoms with Gasteiger partial charge in [0, 0.05) is 11.5 Å². The highest BCUT2D eigenvalue weighted by atomic mass is 16.4. The molecular weight excluding hydrogens is 266 g/mol. The summed E-state index contributed by atoms with van der Waals surface area (Å²) < 4.78 is 0. The van der Waals surface area contributed by atoms with Crippen LogP contribution in [0.4, 0.5) is 0 Å². The number of amides is 1. The Hall–Kier alpha value is -1.06. The van der Waals surface area contributed by atoms with E-state index in [9.17, 15) is 9.59 Å². The first kappa shape index (κ1) is 13.6. The summed E-state index contributed by atoms with van der Waals surface area (Å²) >= 11 is 0. The lowest BCUT2D eigenvalue weighted by Gasteiger charge is -2.55. The number of hydrogen-bond donors (Lipinski definition) is 2. The van der Waals surface area contributed by atoms with Gasteiger partial charge < -0.3 is 10.4 Å². The van der Waals surface area contributed by atoms with Gasteiger partial charge in [-0.3, -0.25) is 9.59 Å². The predicted octanol–water partition coefficient (Wildman–Crippen LogP) is 2.57. The molecule has 0 spiro atoms. The fourth-order valence-corrected chi connectivity index (χ4v) is 6.06. The van der Waals surface area contributed by atoms with E-state index in [1.165, 1.54) is 19.3 Å². The summed E-state index contributed by atoms with van der Waals surface area (Å²) in [4.78, 5) is 23.9. The van der Waals surface area contributed by atoms with E-state index in [2.05, 4.69) is 5.32 Å². The first-order valence-corrected chi connectivity index (χ1v) is 8.58. The maximum atomic E-state index is 12.9. The minimum Gasteiger partial charge on any atom is -0.481 e. The summed E-state index contributed by atoms with van der Waals surface area (Å²) in [6, 6.07) is 0.0894. The van der Waals surface area contributed by atoms with Crippen molar-refractivity contribution in [3.8, 4) is 0 Å². The fraction of sp³-hybridized carbons (Fsp3) is 0.882. The van der Waals surface area contributed by atoms with E-state index in [0.29, 0.717) is 12.8 Å². The quantitative estimate of drug-likeness (QED) is 0.840. The Labute approximate surface area is 125 Å². The Morgan fingerprint density at radius 2 is 1.48 bits per heavy atom. The number of aliphatic carboxylic acids is 1. The predicted molar refractivity (Wildman–Crippen MR) is 77.5 cm³/mol. The Morgan fingerprint density at radius 1 is 0.905 bits per heavy atom. The van der Waals surface area contributed by atoms with E-state index < -0.39 is 5.97 Å². The molecule has 2 N–H and O–H groups in total. The average molecular weight is 291 g/mol. The van der Waals surface area contributed by atoms with Crippen LogP contribution >= 0.6 is 0 Å². The average Bonchev–Trinajstić information content (AvgIpc) is 2.85. The van der Waals surface area contributed by atoms with Gasteiger partial charge in [-0.25, -0.2) is 0 Å². The molecule has 5 fully saturated rings. The van der Waals surface area contributed by atoms with Gasteiger partial charge in [-0.05, 0) is 75.5 Å². The minimum atomic E-state index is -0.707. The topological polar surface area (TPSA) is 66.4 Å². The Morgan fingerprint density at radius 3 is 1.95 bits per heavy atom. The van der Waals surface area contributed by atoms with Crippen molar-refractivity contribution in [3.63, 3.8) is 0 Å². The van der Waals surface area contributed by atoms with Gasteiger partial charge in [0.05, 0.1) is 5.92 Å². The van der Waals surface area contributed by atoms with Crippen molar-refractivity contribution in [2.24, 2.45) is 29.1 Å². The molecule has 4 bridgehead atoms. The Kier molecular flexibility index (Phi) is 3.05. The molecule has 0 aromatic rings. The maximum absolute atomic E-state index is 12.9. The number of carbonyl (C=O) groups excluding carboxylic acids is 1. The van der Waals surface area contributed by atoms with Crippen LogP contribution in [-0.2, 0) is 9.59 Å². The van der Waals surface area contributed by atoms with Crippen LogP contribution in [0.3, 0.4) is 0 Å². The lowest BCUT2D eigenvalue weighted by atomic mass is 9.49. The van der Waals surface area contributed by atoms with Gasteiger partial charge in [-0.15, -0.1) is 0 Å². The van der Waals surface area contributed by atoms with Crippen LogP contribution in [0.25, 0.3) is 0 Å². The third kappa shape index (κ3) is 2.27. The van der Waals surface area contributed by atoms with Crippen LogP contribution in [0.15, 0.2) is 0 Å². The third-order valence-electron chi connectivity index (χ3n) is 6.64. The van der Waals surface area contributed by atoms with Crippen LogP contribution in [-0.4, -0.2) is 23.0 Å². The van der Waals surface area contributed by atoms with Crippen molar-refractivity contribution in [1.29, 1.82) is 0 Å². The molecule has 0 radical (unpaired) electrons. The van der Waals surface area contributed by atoms with Gasteiger partial charge in [0.2, 0.25) is 5.91 Å². The number of rotatable bonds is 3. The van der Waals surface area contributed by atoms with Crippen LogP contribution in [0.2, 0.25) is 0 Å². The molecule has 5 saturated carbocycles. The summed E-state index contributed by atoms with van der Waals surface area (Å²) in [6.07, 6.45) is 9.44. The second-order valence-corrected chi connectivity index (χ2v) is 8.22. The van der Waals surface area contributed by atoms with Gasteiger partial charge in [-0.2, -0.15) is 0 Å². The van der Waals surface area contributed by atoms with Gasteiger partial charge >= 0.3 is 5.97 Å². The number of carbonyl (C=O) groups is 2.